The number of nitrogens with zero attached hydrogens (tertiary/aromatic N) is 1. The minimum absolute atomic E-state index is 0.0616. The molecule has 2 N–H and O–H groups in total. The Balaban J connectivity index is 1.61. The molecule has 0 saturated carbocycles. The molecule has 2 heterocycles. The summed E-state index contributed by atoms with van der Waals surface area (Å²) in [5, 5.41) is 7.91. The van der Waals surface area contributed by atoms with Gasteiger partial charge in [0.2, 0.25) is 0 Å². The van der Waals surface area contributed by atoms with Gasteiger partial charge in [0, 0.05) is 24.0 Å². The first-order chi connectivity index (χ1) is 9.65. The molecule has 1 aliphatic heterocycles. The largest absolute Gasteiger partial charge is 0.337 e. The van der Waals surface area contributed by atoms with Crippen LogP contribution in [0.25, 0.3) is 0 Å². The van der Waals surface area contributed by atoms with E-state index < -0.39 is 0 Å². The van der Waals surface area contributed by atoms with Gasteiger partial charge in [-0.2, -0.15) is 0 Å². The number of carbonyl (C=O) groups excluding carboxylic acids is 1. The molecule has 0 aliphatic carbocycles. The maximum atomic E-state index is 11.5. The molecule has 1 saturated heterocycles. The average molecular weight is 295 g/mol. The van der Waals surface area contributed by atoms with E-state index in [9.17, 15) is 4.79 Å². The number of likely N-dealkylation sites (tertiary alicyclic amines) is 1. The van der Waals surface area contributed by atoms with Gasteiger partial charge in [0.25, 0.3) is 0 Å². The Hall–Kier alpha value is -1.07. The Kier molecular flexibility index (Phi) is 5.86. The van der Waals surface area contributed by atoms with E-state index in [1.165, 1.54) is 17.7 Å². The molecule has 0 atom stereocenters. The number of urea groups is 1. The molecule has 1 aromatic rings. The van der Waals surface area contributed by atoms with Gasteiger partial charge in [-0.1, -0.05) is 6.07 Å². The summed E-state index contributed by atoms with van der Waals surface area (Å²) in [4.78, 5) is 15.4. The summed E-state index contributed by atoms with van der Waals surface area (Å²) in [6.45, 7) is 7.88. The number of piperidine rings is 1. The third kappa shape index (κ3) is 4.80. The zero-order chi connectivity index (χ0) is 14.4. The number of hydrogen-bond acceptors (Lipinski definition) is 3. The first kappa shape index (κ1) is 15.3. The summed E-state index contributed by atoms with van der Waals surface area (Å²) >= 11 is 1.87. The maximum absolute atomic E-state index is 11.5. The van der Waals surface area contributed by atoms with E-state index >= 15 is 0 Å². The Morgan fingerprint density at radius 2 is 2.20 bits per heavy atom. The topological polar surface area (TPSA) is 44.4 Å². The highest BCUT2D eigenvalue weighted by Gasteiger charge is 2.20. The van der Waals surface area contributed by atoms with Crippen molar-refractivity contribution in [2.75, 3.05) is 26.2 Å². The highest BCUT2D eigenvalue weighted by molar-refractivity contribution is 7.10. The number of nitrogens with one attached hydrogen (secondary N) is 2. The summed E-state index contributed by atoms with van der Waals surface area (Å²) in [7, 11) is 0. The molecule has 20 heavy (non-hydrogen) atoms. The van der Waals surface area contributed by atoms with Crippen LogP contribution in [-0.2, 0) is 0 Å². The normalized spacial score (nSPS) is 17.4. The van der Waals surface area contributed by atoms with Crippen LogP contribution in [0.2, 0.25) is 0 Å². The van der Waals surface area contributed by atoms with Crippen molar-refractivity contribution in [2.45, 2.75) is 38.6 Å². The van der Waals surface area contributed by atoms with Crippen molar-refractivity contribution < 1.29 is 4.79 Å². The zero-order valence-electron chi connectivity index (χ0n) is 12.4. The first-order valence-corrected chi connectivity index (χ1v) is 8.33. The Morgan fingerprint density at radius 3 is 2.80 bits per heavy atom. The van der Waals surface area contributed by atoms with Crippen molar-refractivity contribution in [3.8, 4) is 0 Å². The quantitative estimate of drug-likeness (QED) is 0.877. The third-order valence-corrected chi connectivity index (χ3v) is 4.70. The van der Waals surface area contributed by atoms with Crippen LogP contribution in [-0.4, -0.2) is 43.2 Å². The fourth-order valence-corrected chi connectivity index (χ4v) is 3.50. The second-order valence-corrected chi connectivity index (χ2v) is 6.67. The lowest BCUT2D eigenvalue weighted by Gasteiger charge is -2.31. The monoisotopic (exact) mass is 295 g/mol. The third-order valence-electron chi connectivity index (χ3n) is 3.67. The van der Waals surface area contributed by atoms with Crippen molar-refractivity contribution in [3.63, 3.8) is 0 Å². The van der Waals surface area contributed by atoms with Gasteiger partial charge in [-0.3, -0.25) is 0 Å². The van der Waals surface area contributed by atoms with E-state index in [0.29, 0.717) is 0 Å². The molecule has 2 amide bonds. The Morgan fingerprint density at radius 1 is 1.45 bits per heavy atom. The standard InChI is InChI=1S/C15H25N3OS/c1-12(2)17-15(19)16-7-10-18-8-5-13(6-9-18)14-4-3-11-20-14/h3-4,11-13H,5-10H2,1-2H3,(H2,16,17,19). The van der Waals surface area contributed by atoms with Crippen LogP contribution in [0.15, 0.2) is 17.5 Å². The molecular formula is C15H25N3OS. The van der Waals surface area contributed by atoms with Gasteiger partial charge in [-0.05, 0) is 57.1 Å². The average Bonchev–Trinajstić information content (AvgIpc) is 2.92. The molecule has 2 rings (SSSR count). The fourth-order valence-electron chi connectivity index (χ4n) is 2.61. The van der Waals surface area contributed by atoms with Gasteiger partial charge in [-0.25, -0.2) is 4.79 Å². The molecule has 1 aliphatic rings. The molecule has 5 heteroatoms. The molecule has 112 valence electrons. The summed E-state index contributed by atoms with van der Waals surface area (Å²) in [5.74, 6) is 0.739. The molecule has 0 bridgehead atoms. The maximum Gasteiger partial charge on any atom is 0.315 e. The summed E-state index contributed by atoms with van der Waals surface area (Å²) in [5.41, 5.74) is 0. The smallest absolute Gasteiger partial charge is 0.315 e. The molecule has 4 nitrogen and oxygen atoms in total. The molecule has 0 spiro atoms. The zero-order valence-corrected chi connectivity index (χ0v) is 13.2. The van der Waals surface area contributed by atoms with E-state index in [-0.39, 0.29) is 12.1 Å². The van der Waals surface area contributed by atoms with Crippen LogP contribution in [0, 0.1) is 0 Å². The van der Waals surface area contributed by atoms with Crippen LogP contribution in [0.3, 0.4) is 0 Å². The van der Waals surface area contributed by atoms with E-state index in [2.05, 4.69) is 33.0 Å². The van der Waals surface area contributed by atoms with Gasteiger partial charge in [0.1, 0.15) is 0 Å². The van der Waals surface area contributed by atoms with Gasteiger partial charge >= 0.3 is 6.03 Å². The van der Waals surface area contributed by atoms with E-state index in [1.54, 1.807) is 0 Å². The van der Waals surface area contributed by atoms with Crippen LogP contribution in [0.5, 0.6) is 0 Å². The lowest BCUT2D eigenvalue weighted by atomic mass is 9.95. The highest BCUT2D eigenvalue weighted by atomic mass is 32.1. The molecule has 1 fully saturated rings. The molecule has 0 aromatic carbocycles. The van der Waals surface area contributed by atoms with Gasteiger partial charge in [0.15, 0.2) is 0 Å². The van der Waals surface area contributed by atoms with E-state index in [4.69, 9.17) is 0 Å². The predicted molar refractivity (Wildman–Crippen MR) is 84.4 cm³/mol. The predicted octanol–water partition coefficient (Wildman–Crippen LogP) is 2.64. The molecule has 0 radical (unpaired) electrons. The number of hydrogen-bond donors (Lipinski definition) is 2. The second kappa shape index (κ2) is 7.64. The van der Waals surface area contributed by atoms with Gasteiger partial charge in [-0.15, -0.1) is 11.3 Å². The summed E-state index contributed by atoms with van der Waals surface area (Å²) < 4.78 is 0. The number of amides is 2. The van der Waals surface area contributed by atoms with Crippen LogP contribution in [0.1, 0.15) is 37.5 Å². The Labute approximate surface area is 125 Å². The van der Waals surface area contributed by atoms with Gasteiger partial charge in [0.05, 0.1) is 0 Å². The molecular weight excluding hydrogens is 270 g/mol. The van der Waals surface area contributed by atoms with Crippen molar-refractivity contribution in [3.05, 3.63) is 22.4 Å². The SMILES string of the molecule is CC(C)NC(=O)NCCN1CCC(c2cccs2)CC1. The molecule has 0 unspecified atom stereocenters. The number of carbonyl (C=O) groups is 1. The van der Waals surface area contributed by atoms with Gasteiger partial charge < -0.3 is 15.5 Å². The lowest BCUT2D eigenvalue weighted by molar-refractivity contribution is 0.209. The minimum Gasteiger partial charge on any atom is -0.337 e. The van der Waals surface area contributed by atoms with Crippen molar-refractivity contribution in [1.29, 1.82) is 0 Å². The Bertz CT molecular complexity index is 397. The first-order valence-electron chi connectivity index (χ1n) is 7.45. The number of thiophene rings is 1. The van der Waals surface area contributed by atoms with Crippen LogP contribution < -0.4 is 10.6 Å². The summed E-state index contributed by atoms with van der Waals surface area (Å²) in [6, 6.07) is 4.52. The molecule has 1 aromatic heterocycles. The van der Waals surface area contributed by atoms with Crippen molar-refractivity contribution in [1.82, 2.24) is 15.5 Å². The summed E-state index contributed by atoms with van der Waals surface area (Å²) in [6.07, 6.45) is 2.47. The van der Waals surface area contributed by atoms with Crippen molar-refractivity contribution >= 4 is 17.4 Å². The van der Waals surface area contributed by atoms with Crippen LogP contribution in [0.4, 0.5) is 4.79 Å². The van der Waals surface area contributed by atoms with E-state index in [1.807, 2.05) is 25.2 Å². The minimum atomic E-state index is -0.0616. The lowest BCUT2D eigenvalue weighted by Crippen LogP contribution is -2.44. The number of rotatable bonds is 5. The van der Waals surface area contributed by atoms with Crippen molar-refractivity contribution in [2.24, 2.45) is 0 Å². The second-order valence-electron chi connectivity index (χ2n) is 5.69. The van der Waals surface area contributed by atoms with Crippen LogP contribution >= 0.6 is 11.3 Å². The fraction of sp³-hybridized carbons (Fsp3) is 0.667. The van der Waals surface area contributed by atoms with E-state index in [0.717, 1.165) is 32.1 Å². The highest BCUT2D eigenvalue weighted by Crippen LogP contribution is 2.30.